The molecule has 3 aromatic rings. The van der Waals surface area contributed by atoms with Crippen LogP contribution in [-0.2, 0) is 6.54 Å². The SMILES string of the molecule is NCc1cc2nc(C3CCN(c4cccnc4)CC3)ccc2cn1. The zero-order valence-corrected chi connectivity index (χ0v) is 13.6. The molecule has 24 heavy (non-hydrogen) atoms. The van der Waals surface area contributed by atoms with Gasteiger partial charge in [-0.2, -0.15) is 0 Å². The van der Waals surface area contributed by atoms with Crippen molar-refractivity contribution < 1.29 is 0 Å². The zero-order valence-electron chi connectivity index (χ0n) is 13.6. The molecule has 0 saturated carbocycles. The van der Waals surface area contributed by atoms with E-state index >= 15 is 0 Å². The Labute approximate surface area is 141 Å². The predicted octanol–water partition coefficient (Wildman–Crippen LogP) is 2.87. The predicted molar refractivity (Wildman–Crippen MR) is 95.9 cm³/mol. The molecule has 4 heterocycles. The van der Waals surface area contributed by atoms with Crippen molar-refractivity contribution in [2.45, 2.75) is 25.3 Å². The number of anilines is 1. The normalized spacial score (nSPS) is 15.8. The standard InChI is InChI=1S/C19H21N5/c20-11-16-10-19-15(12-22-16)3-4-18(23-19)14-5-8-24(9-6-14)17-2-1-7-21-13-17/h1-4,7,10,12-14H,5-6,8-9,11,20H2. The van der Waals surface area contributed by atoms with Crippen LogP contribution in [0.1, 0.15) is 30.1 Å². The lowest BCUT2D eigenvalue weighted by Crippen LogP contribution is -2.33. The molecule has 0 aliphatic carbocycles. The van der Waals surface area contributed by atoms with Crippen LogP contribution in [0.4, 0.5) is 5.69 Å². The second-order valence-corrected chi connectivity index (χ2v) is 6.28. The number of aromatic nitrogens is 3. The second kappa shape index (κ2) is 6.53. The molecule has 5 nitrogen and oxygen atoms in total. The number of nitrogens with two attached hydrogens (primary N) is 1. The van der Waals surface area contributed by atoms with Gasteiger partial charge in [0.25, 0.3) is 0 Å². The van der Waals surface area contributed by atoms with E-state index in [1.807, 2.05) is 30.7 Å². The molecule has 3 aromatic heterocycles. The lowest BCUT2D eigenvalue weighted by atomic mass is 9.92. The van der Waals surface area contributed by atoms with Crippen molar-refractivity contribution in [3.05, 3.63) is 60.3 Å². The van der Waals surface area contributed by atoms with E-state index in [9.17, 15) is 0 Å². The van der Waals surface area contributed by atoms with Crippen LogP contribution in [0.25, 0.3) is 10.9 Å². The Morgan fingerprint density at radius 2 is 2.00 bits per heavy atom. The number of piperidine rings is 1. The summed E-state index contributed by atoms with van der Waals surface area (Å²) in [5, 5.41) is 1.07. The van der Waals surface area contributed by atoms with Crippen LogP contribution in [0, 0.1) is 0 Å². The molecule has 0 amide bonds. The van der Waals surface area contributed by atoms with Gasteiger partial charge in [-0.25, -0.2) is 0 Å². The Kier molecular flexibility index (Phi) is 4.09. The van der Waals surface area contributed by atoms with Gasteiger partial charge in [-0.05, 0) is 43.2 Å². The van der Waals surface area contributed by atoms with Crippen LogP contribution >= 0.6 is 0 Å². The highest BCUT2D eigenvalue weighted by Gasteiger charge is 2.22. The summed E-state index contributed by atoms with van der Waals surface area (Å²) in [6.45, 7) is 2.53. The third-order valence-electron chi connectivity index (χ3n) is 4.79. The maximum Gasteiger partial charge on any atom is 0.0739 e. The largest absolute Gasteiger partial charge is 0.370 e. The van der Waals surface area contributed by atoms with Crippen molar-refractivity contribution in [3.8, 4) is 0 Å². The van der Waals surface area contributed by atoms with Gasteiger partial charge >= 0.3 is 0 Å². The third kappa shape index (κ3) is 2.95. The molecule has 1 saturated heterocycles. The number of pyridine rings is 3. The summed E-state index contributed by atoms with van der Waals surface area (Å²) in [7, 11) is 0. The van der Waals surface area contributed by atoms with E-state index in [0.29, 0.717) is 12.5 Å². The van der Waals surface area contributed by atoms with Gasteiger partial charge in [0.2, 0.25) is 0 Å². The molecule has 0 bridgehead atoms. The van der Waals surface area contributed by atoms with Crippen molar-refractivity contribution >= 4 is 16.6 Å². The van der Waals surface area contributed by atoms with Gasteiger partial charge in [0.05, 0.1) is 23.1 Å². The molecule has 1 fully saturated rings. The molecule has 0 spiro atoms. The molecule has 4 rings (SSSR count). The van der Waals surface area contributed by atoms with Crippen molar-refractivity contribution in [2.24, 2.45) is 5.73 Å². The molecule has 0 radical (unpaired) electrons. The monoisotopic (exact) mass is 319 g/mol. The highest BCUT2D eigenvalue weighted by Crippen LogP contribution is 2.30. The summed E-state index contributed by atoms with van der Waals surface area (Å²) in [4.78, 5) is 15.8. The van der Waals surface area contributed by atoms with Crippen LogP contribution in [0.15, 0.2) is 48.9 Å². The summed E-state index contributed by atoms with van der Waals surface area (Å²) in [5.41, 5.74) is 9.97. The number of rotatable bonds is 3. The first-order valence-electron chi connectivity index (χ1n) is 8.44. The molecule has 1 aliphatic rings. The smallest absolute Gasteiger partial charge is 0.0739 e. The van der Waals surface area contributed by atoms with Crippen LogP contribution in [0.3, 0.4) is 0 Å². The zero-order chi connectivity index (χ0) is 16.4. The van der Waals surface area contributed by atoms with Crippen LogP contribution < -0.4 is 10.6 Å². The van der Waals surface area contributed by atoms with Crippen LogP contribution in [0.5, 0.6) is 0 Å². The van der Waals surface area contributed by atoms with E-state index < -0.39 is 0 Å². The van der Waals surface area contributed by atoms with Gasteiger partial charge in [0.1, 0.15) is 0 Å². The van der Waals surface area contributed by atoms with Crippen molar-refractivity contribution in [2.75, 3.05) is 18.0 Å². The number of nitrogens with zero attached hydrogens (tertiary/aromatic N) is 4. The van der Waals surface area contributed by atoms with E-state index in [0.717, 1.165) is 42.5 Å². The summed E-state index contributed by atoms with van der Waals surface area (Å²) in [5.74, 6) is 0.511. The average Bonchev–Trinajstić information content (AvgIpc) is 2.68. The first-order valence-corrected chi connectivity index (χ1v) is 8.44. The van der Waals surface area contributed by atoms with Gasteiger partial charge in [-0.1, -0.05) is 0 Å². The maximum absolute atomic E-state index is 5.69. The topological polar surface area (TPSA) is 67.9 Å². The first-order chi connectivity index (χ1) is 11.8. The van der Waals surface area contributed by atoms with Gasteiger partial charge < -0.3 is 10.6 Å². The van der Waals surface area contributed by atoms with E-state index in [4.69, 9.17) is 10.7 Å². The highest BCUT2D eigenvalue weighted by molar-refractivity contribution is 5.78. The fourth-order valence-electron chi connectivity index (χ4n) is 3.39. The van der Waals surface area contributed by atoms with E-state index in [1.54, 1.807) is 0 Å². The molecule has 0 atom stereocenters. The van der Waals surface area contributed by atoms with Gasteiger partial charge in [0.15, 0.2) is 0 Å². The summed E-state index contributed by atoms with van der Waals surface area (Å²) < 4.78 is 0. The summed E-state index contributed by atoms with van der Waals surface area (Å²) in [6, 6.07) is 10.4. The summed E-state index contributed by atoms with van der Waals surface area (Å²) in [6.07, 6.45) is 7.85. The Morgan fingerprint density at radius 3 is 2.75 bits per heavy atom. The number of fused-ring (bicyclic) bond motifs is 1. The first kappa shape index (κ1) is 15.0. The summed E-state index contributed by atoms with van der Waals surface area (Å²) >= 11 is 0. The quantitative estimate of drug-likeness (QED) is 0.804. The van der Waals surface area contributed by atoms with Crippen LogP contribution in [-0.4, -0.2) is 28.0 Å². The minimum Gasteiger partial charge on any atom is -0.370 e. The molecule has 0 aromatic carbocycles. The Balaban J connectivity index is 1.52. The molecule has 122 valence electrons. The van der Waals surface area contributed by atoms with Crippen molar-refractivity contribution in [1.29, 1.82) is 0 Å². The van der Waals surface area contributed by atoms with E-state index in [-0.39, 0.29) is 0 Å². The third-order valence-corrected chi connectivity index (χ3v) is 4.79. The van der Waals surface area contributed by atoms with Gasteiger partial charge in [0, 0.05) is 49.0 Å². The number of hydrogen-bond donors (Lipinski definition) is 1. The maximum atomic E-state index is 5.69. The van der Waals surface area contributed by atoms with Crippen molar-refractivity contribution in [3.63, 3.8) is 0 Å². The van der Waals surface area contributed by atoms with E-state index in [1.165, 1.54) is 11.4 Å². The highest BCUT2D eigenvalue weighted by atomic mass is 15.1. The fraction of sp³-hybridized carbons (Fsp3) is 0.316. The molecule has 0 unspecified atom stereocenters. The van der Waals surface area contributed by atoms with E-state index in [2.05, 4.69) is 33.1 Å². The molecule has 1 aliphatic heterocycles. The second-order valence-electron chi connectivity index (χ2n) is 6.28. The average molecular weight is 319 g/mol. The Hall–Kier alpha value is -2.53. The molecular weight excluding hydrogens is 298 g/mol. The fourth-order valence-corrected chi connectivity index (χ4v) is 3.39. The molecular formula is C19H21N5. The minimum absolute atomic E-state index is 0.450. The lowest BCUT2D eigenvalue weighted by molar-refractivity contribution is 0.497. The lowest BCUT2D eigenvalue weighted by Gasteiger charge is -2.33. The van der Waals surface area contributed by atoms with Crippen LogP contribution in [0.2, 0.25) is 0 Å². The molecule has 5 heteroatoms. The Bertz CT molecular complexity index is 826. The molecule has 2 N–H and O–H groups in total. The van der Waals surface area contributed by atoms with Gasteiger partial charge in [-0.3, -0.25) is 15.0 Å². The van der Waals surface area contributed by atoms with Crippen molar-refractivity contribution in [1.82, 2.24) is 15.0 Å². The number of hydrogen-bond acceptors (Lipinski definition) is 5. The minimum atomic E-state index is 0.450. The Morgan fingerprint density at radius 1 is 1.12 bits per heavy atom. The van der Waals surface area contributed by atoms with Gasteiger partial charge in [-0.15, -0.1) is 0 Å².